The summed E-state index contributed by atoms with van der Waals surface area (Å²) in [6, 6.07) is 19.4. The van der Waals surface area contributed by atoms with Crippen LogP contribution in [0.5, 0.6) is 0 Å². The molecule has 0 unspecified atom stereocenters. The molecule has 3 rings (SSSR count). The van der Waals surface area contributed by atoms with Crippen molar-refractivity contribution in [2.24, 2.45) is 0 Å². The summed E-state index contributed by atoms with van der Waals surface area (Å²) in [5, 5.41) is 6.97. The van der Waals surface area contributed by atoms with Crippen molar-refractivity contribution >= 4 is 56.2 Å². The Hall–Kier alpha value is -2.94. The normalized spacial score (nSPS) is 10.9. The number of thiocarbonyl (C=S) groups is 1. The highest BCUT2D eigenvalue weighted by Crippen LogP contribution is 2.23. The zero-order valence-corrected chi connectivity index (χ0v) is 18.2. The Balaban J connectivity index is 1.66. The zero-order chi connectivity index (χ0) is 21.7. The average Bonchev–Trinajstić information content (AvgIpc) is 2.72. The van der Waals surface area contributed by atoms with Crippen molar-refractivity contribution in [2.45, 2.75) is 11.8 Å². The van der Waals surface area contributed by atoms with Crippen LogP contribution in [0.2, 0.25) is 5.02 Å². The molecule has 0 aliphatic rings. The van der Waals surface area contributed by atoms with Crippen molar-refractivity contribution in [1.82, 2.24) is 4.72 Å². The van der Waals surface area contributed by atoms with Crippen molar-refractivity contribution in [3.8, 4) is 0 Å². The van der Waals surface area contributed by atoms with Crippen molar-refractivity contribution in [1.29, 1.82) is 0 Å². The molecule has 3 aromatic carbocycles. The maximum atomic E-state index is 12.5. The highest BCUT2D eigenvalue weighted by Gasteiger charge is 2.18. The van der Waals surface area contributed by atoms with Gasteiger partial charge < -0.3 is 10.6 Å². The van der Waals surface area contributed by atoms with Gasteiger partial charge in [0.25, 0.3) is 15.9 Å². The Kier molecular flexibility index (Phi) is 6.71. The Morgan fingerprint density at radius 3 is 2.23 bits per heavy atom. The van der Waals surface area contributed by atoms with Crippen LogP contribution in [0, 0.1) is 6.92 Å². The lowest BCUT2D eigenvalue weighted by Gasteiger charge is -2.13. The first kappa shape index (κ1) is 21.8. The number of hydrogen-bond donors (Lipinski definition) is 3. The molecule has 0 aromatic heterocycles. The highest BCUT2D eigenvalue weighted by molar-refractivity contribution is 7.90. The van der Waals surface area contributed by atoms with E-state index >= 15 is 0 Å². The van der Waals surface area contributed by atoms with Crippen molar-refractivity contribution in [3.63, 3.8) is 0 Å². The van der Waals surface area contributed by atoms with Crippen LogP contribution in [0.25, 0.3) is 0 Å². The molecule has 9 heteroatoms. The molecule has 0 radical (unpaired) electrons. The van der Waals surface area contributed by atoms with Gasteiger partial charge in [0.2, 0.25) is 0 Å². The first-order valence-corrected chi connectivity index (χ1v) is 11.1. The molecule has 0 atom stereocenters. The summed E-state index contributed by atoms with van der Waals surface area (Å²) < 4.78 is 27.0. The summed E-state index contributed by atoms with van der Waals surface area (Å²) in [4.78, 5) is 12.1. The molecule has 0 fully saturated rings. The second-order valence-corrected chi connectivity index (χ2v) is 8.81. The quantitative estimate of drug-likeness (QED) is 0.484. The summed E-state index contributed by atoms with van der Waals surface area (Å²) in [7, 11) is -4.00. The second-order valence-electron chi connectivity index (χ2n) is 6.32. The van der Waals surface area contributed by atoms with E-state index < -0.39 is 15.9 Å². The number of anilines is 2. The van der Waals surface area contributed by atoms with E-state index in [4.69, 9.17) is 23.8 Å². The molecular formula is C21H18ClN3O3S2. The lowest BCUT2D eigenvalue weighted by molar-refractivity contribution is 0.0981. The van der Waals surface area contributed by atoms with Crippen molar-refractivity contribution < 1.29 is 13.2 Å². The number of carbonyl (C=O) groups excluding carboxylic acids is 1. The van der Waals surface area contributed by atoms with Crippen LogP contribution in [0.4, 0.5) is 11.4 Å². The van der Waals surface area contributed by atoms with Gasteiger partial charge in [0.05, 0.1) is 4.90 Å². The summed E-state index contributed by atoms with van der Waals surface area (Å²) in [6.45, 7) is 1.87. The van der Waals surface area contributed by atoms with Gasteiger partial charge in [-0.05, 0) is 73.2 Å². The second kappa shape index (κ2) is 9.25. The molecule has 3 aromatic rings. The SMILES string of the molecule is Cc1c(Cl)cccc1NC(=S)Nc1ccc(S(=O)(=O)NC(=O)c2ccccc2)cc1. The van der Waals surface area contributed by atoms with Gasteiger partial charge in [-0.2, -0.15) is 0 Å². The van der Waals surface area contributed by atoms with E-state index in [-0.39, 0.29) is 10.5 Å². The smallest absolute Gasteiger partial charge is 0.264 e. The van der Waals surface area contributed by atoms with Gasteiger partial charge in [-0.15, -0.1) is 0 Å². The Morgan fingerprint density at radius 1 is 0.900 bits per heavy atom. The molecule has 3 N–H and O–H groups in total. The summed E-state index contributed by atoms with van der Waals surface area (Å²) >= 11 is 11.4. The van der Waals surface area contributed by atoms with Gasteiger partial charge in [0.1, 0.15) is 0 Å². The number of carbonyl (C=O) groups is 1. The summed E-state index contributed by atoms with van der Waals surface area (Å²) in [5.41, 5.74) is 2.47. The van der Waals surface area contributed by atoms with Crippen LogP contribution in [0.3, 0.4) is 0 Å². The zero-order valence-electron chi connectivity index (χ0n) is 15.8. The third kappa shape index (κ3) is 5.35. The number of sulfonamides is 1. The van der Waals surface area contributed by atoms with E-state index in [9.17, 15) is 13.2 Å². The predicted octanol–water partition coefficient (Wildman–Crippen LogP) is 4.58. The van der Waals surface area contributed by atoms with Crippen LogP contribution in [0.1, 0.15) is 15.9 Å². The molecule has 0 heterocycles. The van der Waals surface area contributed by atoms with Gasteiger partial charge in [-0.3, -0.25) is 4.79 Å². The number of halogens is 1. The fraction of sp³-hybridized carbons (Fsp3) is 0.0476. The van der Waals surface area contributed by atoms with Gasteiger partial charge in [-0.1, -0.05) is 35.9 Å². The highest BCUT2D eigenvalue weighted by atomic mass is 35.5. The first-order valence-electron chi connectivity index (χ1n) is 8.81. The standard InChI is InChI=1S/C21H18ClN3O3S2/c1-14-18(22)8-5-9-19(14)24-21(29)23-16-10-12-17(13-11-16)30(27,28)25-20(26)15-6-3-2-4-7-15/h2-13H,1H3,(H,25,26)(H2,23,24,29). The minimum atomic E-state index is -4.00. The van der Waals surface area contributed by atoms with Gasteiger partial charge in [-0.25, -0.2) is 13.1 Å². The Morgan fingerprint density at radius 2 is 1.57 bits per heavy atom. The Bertz CT molecular complexity index is 1180. The first-order chi connectivity index (χ1) is 14.3. The topological polar surface area (TPSA) is 87.3 Å². The summed E-state index contributed by atoms with van der Waals surface area (Å²) in [5.74, 6) is -0.694. The third-order valence-corrected chi connectivity index (χ3v) is 6.16. The minimum Gasteiger partial charge on any atom is -0.332 e. The van der Waals surface area contributed by atoms with E-state index in [1.54, 1.807) is 36.4 Å². The lowest BCUT2D eigenvalue weighted by Crippen LogP contribution is -2.30. The number of nitrogens with one attached hydrogen (secondary N) is 3. The molecular weight excluding hydrogens is 442 g/mol. The van der Waals surface area contributed by atoms with Crippen LogP contribution < -0.4 is 15.4 Å². The van der Waals surface area contributed by atoms with Gasteiger partial charge >= 0.3 is 0 Å². The maximum Gasteiger partial charge on any atom is 0.264 e. The van der Waals surface area contributed by atoms with E-state index in [2.05, 4.69) is 15.4 Å². The predicted molar refractivity (Wildman–Crippen MR) is 124 cm³/mol. The number of benzene rings is 3. The van der Waals surface area contributed by atoms with Gasteiger partial charge in [0.15, 0.2) is 5.11 Å². The molecule has 1 amide bonds. The third-order valence-electron chi connectivity index (χ3n) is 4.20. The van der Waals surface area contributed by atoms with E-state index in [0.29, 0.717) is 15.8 Å². The molecule has 0 spiro atoms. The molecule has 0 saturated carbocycles. The fourth-order valence-electron chi connectivity index (χ4n) is 2.57. The molecule has 0 aliphatic heterocycles. The molecule has 30 heavy (non-hydrogen) atoms. The van der Waals surface area contributed by atoms with Crippen LogP contribution in [-0.2, 0) is 10.0 Å². The maximum absolute atomic E-state index is 12.5. The monoisotopic (exact) mass is 459 g/mol. The molecule has 0 bridgehead atoms. The molecule has 154 valence electrons. The molecule has 0 saturated heterocycles. The van der Waals surface area contributed by atoms with Gasteiger partial charge in [0, 0.05) is 22.0 Å². The summed E-state index contributed by atoms with van der Waals surface area (Å²) in [6.07, 6.45) is 0. The Labute approximate surface area is 185 Å². The van der Waals surface area contributed by atoms with E-state index in [1.807, 2.05) is 19.1 Å². The van der Waals surface area contributed by atoms with Crippen LogP contribution in [0.15, 0.2) is 77.7 Å². The minimum absolute atomic E-state index is 0.0399. The van der Waals surface area contributed by atoms with E-state index in [0.717, 1.165) is 11.3 Å². The van der Waals surface area contributed by atoms with Crippen LogP contribution >= 0.6 is 23.8 Å². The van der Waals surface area contributed by atoms with Crippen molar-refractivity contribution in [2.75, 3.05) is 10.6 Å². The van der Waals surface area contributed by atoms with Crippen LogP contribution in [-0.4, -0.2) is 19.4 Å². The lowest BCUT2D eigenvalue weighted by atomic mass is 10.2. The number of rotatable bonds is 5. The molecule has 0 aliphatic carbocycles. The fourth-order valence-corrected chi connectivity index (χ4v) is 3.95. The molecule has 6 nitrogen and oxygen atoms in total. The average molecular weight is 460 g/mol. The van der Waals surface area contributed by atoms with E-state index in [1.165, 1.54) is 24.3 Å². The van der Waals surface area contributed by atoms with Crippen molar-refractivity contribution in [3.05, 3.63) is 88.9 Å². The number of hydrogen-bond acceptors (Lipinski definition) is 4. The number of amides is 1. The largest absolute Gasteiger partial charge is 0.332 e.